The van der Waals surface area contributed by atoms with Gasteiger partial charge in [-0.15, -0.1) is 11.3 Å². The van der Waals surface area contributed by atoms with E-state index in [4.69, 9.17) is 4.74 Å². The van der Waals surface area contributed by atoms with Crippen molar-refractivity contribution in [2.45, 2.75) is 37.9 Å². The summed E-state index contributed by atoms with van der Waals surface area (Å²) in [5.41, 5.74) is 5.32. The van der Waals surface area contributed by atoms with Crippen LogP contribution in [0.25, 0.3) is 10.4 Å². The number of nitrogens with one attached hydrogen (secondary N) is 2. The standard InChI is InChI=1S/C24H26N2OS/c1-2-6-17(7-3-1)23-21(8-4-11-25-23)26-16-20-15-19(22-9-5-13-28-22)14-18-10-12-27-24(18)20/h1-3,5-7,9,13-15,21,23,25-26H,4,8,10-12,16H2/t21-,23-/m0/s1. The smallest absolute Gasteiger partial charge is 0.127 e. The zero-order chi connectivity index (χ0) is 18.8. The topological polar surface area (TPSA) is 33.3 Å². The van der Waals surface area contributed by atoms with Gasteiger partial charge in [0.2, 0.25) is 0 Å². The zero-order valence-electron chi connectivity index (χ0n) is 16.0. The molecule has 4 heteroatoms. The minimum atomic E-state index is 0.365. The second kappa shape index (κ2) is 8.08. The number of hydrogen-bond donors (Lipinski definition) is 2. The number of thiophene rings is 1. The maximum absolute atomic E-state index is 6.00. The highest BCUT2D eigenvalue weighted by atomic mass is 32.1. The van der Waals surface area contributed by atoms with Crippen molar-refractivity contribution in [1.29, 1.82) is 0 Å². The molecule has 3 aromatic rings. The Morgan fingerprint density at radius 2 is 2.04 bits per heavy atom. The molecule has 144 valence electrons. The average Bonchev–Trinajstić information content (AvgIpc) is 3.44. The van der Waals surface area contributed by atoms with E-state index in [9.17, 15) is 0 Å². The molecular weight excluding hydrogens is 364 g/mol. The van der Waals surface area contributed by atoms with Crippen LogP contribution in [0.15, 0.2) is 60.0 Å². The fraction of sp³-hybridized carbons (Fsp3) is 0.333. The molecular formula is C24H26N2OS. The third-order valence-corrected chi connectivity index (χ3v) is 6.76. The molecule has 1 aromatic heterocycles. The highest BCUT2D eigenvalue weighted by molar-refractivity contribution is 7.13. The fourth-order valence-corrected chi connectivity index (χ4v) is 5.18. The van der Waals surface area contributed by atoms with Crippen LogP contribution in [0, 0.1) is 0 Å². The molecule has 0 bridgehead atoms. The molecule has 2 aliphatic rings. The van der Waals surface area contributed by atoms with Crippen molar-refractivity contribution in [2.75, 3.05) is 13.2 Å². The first-order valence-electron chi connectivity index (χ1n) is 10.2. The number of piperidine rings is 1. The van der Waals surface area contributed by atoms with Gasteiger partial charge in [-0.25, -0.2) is 0 Å². The van der Waals surface area contributed by atoms with E-state index in [0.29, 0.717) is 12.1 Å². The van der Waals surface area contributed by atoms with E-state index >= 15 is 0 Å². The van der Waals surface area contributed by atoms with Crippen molar-refractivity contribution < 1.29 is 4.74 Å². The van der Waals surface area contributed by atoms with Crippen molar-refractivity contribution in [1.82, 2.24) is 10.6 Å². The molecule has 3 nitrogen and oxygen atoms in total. The summed E-state index contributed by atoms with van der Waals surface area (Å²) in [6.07, 6.45) is 3.42. The van der Waals surface area contributed by atoms with Crippen LogP contribution >= 0.6 is 11.3 Å². The Morgan fingerprint density at radius 1 is 1.11 bits per heavy atom. The molecule has 5 rings (SSSR count). The molecule has 2 N–H and O–H groups in total. The summed E-state index contributed by atoms with van der Waals surface area (Å²) >= 11 is 1.80. The van der Waals surface area contributed by atoms with E-state index < -0.39 is 0 Å². The summed E-state index contributed by atoms with van der Waals surface area (Å²) in [6, 6.07) is 20.6. The Morgan fingerprint density at radius 3 is 2.89 bits per heavy atom. The lowest BCUT2D eigenvalue weighted by Crippen LogP contribution is -2.45. The van der Waals surface area contributed by atoms with E-state index in [2.05, 4.69) is 70.6 Å². The van der Waals surface area contributed by atoms with Gasteiger partial charge in [0.05, 0.1) is 6.61 Å². The van der Waals surface area contributed by atoms with Gasteiger partial charge in [0, 0.05) is 35.5 Å². The lowest BCUT2D eigenvalue weighted by atomic mass is 9.92. The van der Waals surface area contributed by atoms with Gasteiger partial charge in [0.1, 0.15) is 5.75 Å². The molecule has 2 aromatic carbocycles. The van der Waals surface area contributed by atoms with Crippen LogP contribution in [0.5, 0.6) is 5.75 Å². The maximum atomic E-state index is 6.00. The summed E-state index contributed by atoms with van der Waals surface area (Å²) in [5, 5.41) is 9.71. The summed E-state index contributed by atoms with van der Waals surface area (Å²) < 4.78 is 6.00. The minimum Gasteiger partial charge on any atom is -0.493 e. The van der Waals surface area contributed by atoms with Gasteiger partial charge in [-0.2, -0.15) is 0 Å². The maximum Gasteiger partial charge on any atom is 0.127 e. The molecule has 3 heterocycles. The van der Waals surface area contributed by atoms with Crippen LogP contribution in [-0.4, -0.2) is 19.2 Å². The third kappa shape index (κ3) is 3.60. The van der Waals surface area contributed by atoms with Gasteiger partial charge in [-0.1, -0.05) is 36.4 Å². The number of hydrogen-bond acceptors (Lipinski definition) is 4. The Balaban J connectivity index is 1.38. The van der Waals surface area contributed by atoms with Gasteiger partial charge in [0.15, 0.2) is 0 Å². The predicted molar refractivity (Wildman–Crippen MR) is 116 cm³/mol. The molecule has 0 unspecified atom stereocenters. The van der Waals surface area contributed by atoms with Crippen molar-refractivity contribution >= 4 is 11.3 Å². The Labute approximate surface area is 170 Å². The van der Waals surface area contributed by atoms with Crippen LogP contribution < -0.4 is 15.4 Å². The lowest BCUT2D eigenvalue weighted by Gasteiger charge is -2.34. The van der Waals surface area contributed by atoms with Gasteiger partial charge in [-0.05, 0) is 59.7 Å². The van der Waals surface area contributed by atoms with Gasteiger partial charge in [0.25, 0.3) is 0 Å². The predicted octanol–water partition coefficient (Wildman–Crippen LogP) is 4.93. The first kappa shape index (κ1) is 17.9. The second-order valence-electron chi connectivity index (χ2n) is 7.67. The van der Waals surface area contributed by atoms with Crippen LogP contribution in [0.3, 0.4) is 0 Å². The highest BCUT2D eigenvalue weighted by Crippen LogP contribution is 2.36. The highest BCUT2D eigenvalue weighted by Gasteiger charge is 2.26. The molecule has 0 aliphatic carbocycles. The molecule has 0 spiro atoms. The van der Waals surface area contributed by atoms with Crippen molar-refractivity contribution in [2.24, 2.45) is 0 Å². The monoisotopic (exact) mass is 390 g/mol. The second-order valence-corrected chi connectivity index (χ2v) is 8.62. The summed E-state index contributed by atoms with van der Waals surface area (Å²) in [4.78, 5) is 1.33. The SMILES string of the molecule is c1ccc([C@@H]2NCCC[C@@H]2NCc2cc(-c3cccs3)cc3c2OCC3)cc1. The molecule has 0 saturated carbocycles. The van der Waals surface area contributed by atoms with E-state index in [1.807, 2.05) is 0 Å². The van der Waals surface area contributed by atoms with E-state index in [1.165, 1.54) is 40.0 Å². The molecule has 0 amide bonds. The van der Waals surface area contributed by atoms with Gasteiger partial charge in [-0.3, -0.25) is 0 Å². The molecule has 1 saturated heterocycles. The summed E-state index contributed by atoms with van der Waals surface area (Å²) in [5.74, 6) is 1.10. The molecule has 0 radical (unpaired) electrons. The van der Waals surface area contributed by atoms with E-state index in [0.717, 1.165) is 31.9 Å². The van der Waals surface area contributed by atoms with E-state index in [1.54, 1.807) is 11.3 Å². The molecule has 2 aliphatic heterocycles. The summed E-state index contributed by atoms with van der Waals surface area (Å²) in [7, 11) is 0. The minimum absolute atomic E-state index is 0.365. The van der Waals surface area contributed by atoms with Gasteiger partial charge >= 0.3 is 0 Å². The lowest BCUT2D eigenvalue weighted by molar-refractivity contribution is 0.301. The first-order chi connectivity index (χ1) is 13.9. The first-order valence-corrected chi connectivity index (χ1v) is 11.1. The Kier molecular flexibility index (Phi) is 5.17. The zero-order valence-corrected chi connectivity index (χ0v) is 16.8. The average molecular weight is 391 g/mol. The third-order valence-electron chi connectivity index (χ3n) is 5.84. The van der Waals surface area contributed by atoms with Gasteiger partial charge < -0.3 is 15.4 Å². The number of rotatable bonds is 5. The normalized spacial score (nSPS) is 21.3. The molecule has 2 atom stereocenters. The van der Waals surface area contributed by atoms with Crippen molar-refractivity contribution in [3.63, 3.8) is 0 Å². The van der Waals surface area contributed by atoms with Crippen LogP contribution in [0.4, 0.5) is 0 Å². The molecule has 1 fully saturated rings. The van der Waals surface area contributed by atoms with Crippen LogP contribution in [-0.2, 0) is 13.0 Å². The van der Waals surface area contributed by atoms with Crippen LogP contribution in [0.2, 0.25) is 0 Å². The van der Waals surface area contributed by atoms with E-state index in [-0.39, 0.29) is 0 Å². The summed E-state index contributed by atoms with van der Waals surface area (Å²) in [6.45, 7) is 2.73. The fourth-order valence-electron chi connectivity index (χ4n) is 4.46. The van der Waals surface area contributed by atoms with Crippen LogP contribution in [0.1, 0.15) is 35.6 Å². The number of fused-ring (bicyclic) bond motifs is 1. The van der Waals surface area contributed by atoms with Crippen molar-refractivity contribution in [3.05, 3.63) is 76.7 Å². The largest absolute Gasteiger partial charge is 0.493 e. The Hall–Kier alpha value is -2.14. The number of ether oxygens (including phenoxy) is 1. The van der Waals surface area contributed by atoms with Crippen molar-refractivity contribution in [3.8, 4) is 16.2 Å². The number of benzene rings is 2. The Bertz CT molecular complexity index is 923. The molecule has 28 heavy (non-hydrogen) atoms. The quantitative estimate of drug-likeness (QED) is 0.648.